The van der Waals surface area contributed by atoms with Gasteiger partial charge >= 0.3 is 0 Å². The molecule has 0 aliphatic carbocycles. The van der Waals surface area contributed by atoms with E-state index in [9.17, 15) is 0 Å². The Labute approximate surface area is 135 Å². The number of rotatable bonds is 4. The molecule has 0 amide bonds. The highest BCUT2D eigenvalue weighted by atomic mass is 32.1. The van der Waals surface area contributed by atoms with E-state index in [1.165, 1.54) is 0 Å². The summed E-state index contributed by atoms with van der Waals surface area (Å²) in [5.74, 6) is 1.63. The first kappa shape index (κ1) is 13.6. The molecule has 0 aliphatic heterocycles. The fourth-order valence-electron chi connectivity index (χ4n) is 2.07. The number of ether oxygens (including phenoxy) is 1. The van der Waals surface area contributed by atoms with E-state index in [1.54, 1.807) is 29.3 Å². The van der Waals surface area contributed by atoms with Gasteiger partial charge in [0.1, 0.15) is 5.75 Å². The van der Waals surface area contributed by atoms with E-state index < -0.39 is 0 Å². The second kappa shape index (κ2) is 5.65. The third-order valence-electron chi connectivity index (χ3n) is 3.20. The smallest absolute Gasteiger partial charge is 0.280 e. The van der Waals surface area contributed by atoms with Crippen LogP contribution in [-0.4, -0.2) is 32.2 Å². The minimum Gasteiger partial charge on any atom is -0.497 e. The zero-order valence-corrected chi connectivity index (χ0v) is 12.9. The standard InChI is InChI=1S/C15H11N5O2S/c1-21-11-5-2-4-10(8-11)20-9-12(17-19-20)15-16-14(18-22-15)13-6-3-7-23-13/h2-9H,1H3. The summed E-state index contributed by atoms with van der Waals surface area (Å²) in [6.07, 6.45) is 1.74. The molecule has 3 aromatic heterocycles. The van der Waals surface area contributed by atoms with Crippen molar-refractivity contribution < 1.29 is 9.26 Å². The monoisotopic (exact) mass is 325 g/mol. The summed E-state index contributed by atoms with van der Waals surface area (Å²) in [6.45, 7) is 0. The van der Waals surface area contributed by atoms with Crippen molar-refractivity contribution in [1.82, 2.24) is 25.1 Å². The molecular formula is C15H11N5O2S. The van der Waals surface area contributed by atoms with E-state index in [-0.39, 0.29) is 0 Å². The summed E-state index contributed by atoms with van der Waals surface area (Å²) in [5, 5.41) is 14.1. The Morgan fingerprint density at radius 2 is 2.17 bits per heavy atom. The second-order valence-electron chi connectivity index (χ2n) is 4.65. The molecule has 7 nitrogen and oxygen atoms in total. The lowest BCUT2D eigenvalue weighted by Crippen LogP contribution is -1.95. The van der Waals surface area contributed by atoms with Crippen molar-refractivity contribution >= 4 is 11.3 Å². The molecule has 1 aromatic carbocycles. The maximum Gasteiger partial charge on any atom is 0.280 e. The van der Waals surface area contributed by atoms with Crippen molar-refractivity contribution in [3.63, 3.8) is 0 Å². The van der Waals surface area contributed by atoms with Crippen LogP contribution in [0.25, 0.3) is 28.0 Å². The van der Waals surface area contributed by atoms with Crippen molar-refractivity contribution in [2.45, 2.75) is 0 Å². The maximum atomic E-state index is 5.27. The van der Waals surface area contributed by atoms with E-state index in [0.717, 1.165) is 16.3 Å². The highest BCUT2D eigenvalue weighted by Gasteiger charge is 2.15. The molecule has 0 atom stereocenters. The number of hydrogen-bond donors (Lipinski definition) is 0. The van der Waals surface area contributed by atoms with E-state index in [4.69, 9.17) is 9.26 Å². The first-order valence-electron chi connectivity index (χ1n) is 6.78. The van der Waals surface area contributed by atoms with Gasteiger partial charge in [0.25, 0.3) is 5.89 Å². The van der Waals surface area contributed by atoms with Crippen LogP contribution >= 0.6 is 11.3 Å². The van der Waals surface area contributed by atoms with Gasteiger partial charge in [0.2, 0.25) is 5.82 Å². The summed E-state index contributed by atoms with van der Waals surface area (Å²) in [4.78, 5) is 5.30. The van der Waals surface area contributed by atoms with Crippen LogP contribution in [-0.2, 0) is 0 Å². The van der Waals surface area contributed by atoms with E-state index in [1.807, 2.05) is 41.8 Å². The number of hydrogen-bond acceptors (Lipinski definition) is 7. The molecule has 4 rings (SSSR count). The van der Waals surface area contributed by atoms with Crippen LogP contribution < -0.4 is 4.74 Å². The Bertz CT molecular complexity index is 929. The molecule has 0 fully saturated rings. The summed E-state index contributed by atoms with van der Waals surface area (Å²) in [6, 6.07) is 11.4. The SMILES string of the molecule is COc1cccc(-n2cc(-c3nc(-c4cccs4)no3)nn2)c1. The molecular weight excluding hydrogens is 314 g/mol. The van der Waals surface area contributed by atoms with Gasteiger partial charge in [-0.2, -0.15) is 4.98 Å². The van der Waals surface area contributed by atoms with Gasteiger partial charge < -0.3 is 9.26 Å². The summed E-state index contributed by atoms with van der Waals surface area (Å²) >= 11 is 1.55. The van der Waals surface area contributed by atoms with Gasteiger partial charge in [0.15, 0.2) is 5.69 Å². The van der Waals surface area contributed by atoms with Crippen LogP contribution in [0.2, 0.25) is 0 Å². The summed E-state index contributed by atoms with van der Waals surface area (Å²) in [7, 11) is 1.62. The molecule has 4 aromatic rings. The highest BCUT2D eigenvalue weighted by Crippen LogP contribution is 2.24. The average Bonchev–Trinajstić information content (AvgIpc) is 3.34. The Morgan fingerprint density at radius 1 is 1.22 bits per heavy atom. The van der Waals surface area contributed by atoms with Crippen LogP contribution in [0.4, 0.5) is 0 Å². The first-order valence-corrected chi connectivity index (χ1v) is 7.66. The molecule has 114 valence electrons. The fourth-order valence-corrected chi connectivity index (χ4v) is 2.72. The lowest BCUT2D eigenvalue weighted by atomic mass is 10.3. The molecule has 0 saturated carbocycles. The van der Waals surface area contributed by atoms with Crippen LogP contribution in [0.15, 0.2) is 52.5 Å². The molecule has 0 saturated heterocycles. The molecule has 0 bridgehead atoms. The molecule has 0 N–H and O–H groups in total. The average molecular weight is 325 g/mol. The fraction of sp³-hybridized carbons (Fsp3) is 0.0667. The van der Waals surface area contributed by atoms with Crippen molar-refractivity contribution in [2.75, 3.05) is 7.11 Å². The van der Waals surface area contributed by atoms with Gasteiger partial charge in [-0.1, -0.05) is 22.5 Å². The van der Waals surface area contributed by atoms with Crippen LogP contribution in [0.5, 0.6) is 5.75 Å². The molecule has 0 unspecified atom stereocenters. The number of aromatic nitrogens is 5. The predicted molar refractivity (Wildman–Crippen MR) is 84.5 cm³/mol. The van der Waals surface area contributed by atoms with E-state index in [2.05, 4.69) is 20.5 Å². The summed E-state index contributed by atoms with van der Waals surface area (Å²) in [5.41, 5.74) is 1.35. The third kappa shape index (κ3) is 2.59. The van der Waals surface area contributed by atoms with Crippen LogP contribution in [0.1, 0.15) is 0 Å². The zero-order chi connectivity index (χ0) is 15.6. The minimum absolute atomic E-state index is 0.336. The van der Waals surface area contributed by atoms with Crippen molar-refractivity contribution in [1.29, 1.82) is 0 Å². The maximum absolute atomic E-state index is 5.27. The molecule has 8 heteroatoms. The van der Waals surface area contributed by atoms with Crippen molar-refractivity contribution in [3.05, 3.63) is 48.0 Å². The lowest BCUT2D eigenvalue weighted by molar-refractivity contribution is 0.414. The quantitative estimate of drug-likeness (QED) is 0.574. The highest BCUT2D eigenvalue weighted by molar-refractivity contribution is 7.13. The number of thiophene rings is 1. The molecule has 0 radical (unpaired) electrons. The molecule has 23 heavy (non-hydrogen) atoms. The van der Waals surface area contributed by atoms with Gasteiger partial charge in [0, 0.05) is 6.07 Å². The van der Waals surface area contributed by atoms with Crippen molar-refractivity contribution in [2.24, 2.45) is 0 Å². The van der Waals surface area contributed by atoms with Gasteiger partial charge in [-0.25, -0.2) is 4.68 Å². The Balaban J connectivity index is 1.65. The van der Waals surface area contributed by atoms with E-state index in [0.29, 0.717) is 17.4 Å². The normalized spacial score (nSPS) is 10.8. The van der Waals surface area contributed by atoms with Gasteiger partial charge in [-0.05, 0) is 23.6 Å². The Hall–Kier alpha value is -3.00. The topological polar surface area (TPSA) is 78.9 Å². The third-order valence-corrected chi connectivity index (χ3v) is 4.06. The Morgan fingerprint density at radius 3 is 3.00 bits per heavy atom. The van der Waals surface area contributed by atoms with Crippen LogP contribution in [0.3, 0.4) is 0 Å². The Kier molecular flexibility index (Phi) is 3.35. The second-order valence-corrected chi connectivity index (χ2v) is 5.60. The zero-order valence-electron chi connectivity index (χ0n) is 12.1. The largest absolute Gasteiger partial charge is 0.497 e. The number of methoxy groups -OCH3 is 1. The molecule has 0 aliphatic rings. The summed E-state index contributed by atoms with van der Waals surface area (Å²) < 4.78 is 12.1. The number of nitrogens with zero attached hydrogens (tertiary/aromatic N) is 5. The lowest BCUT2D eigenvalue weighted by Gasteiger charge is -2.02. The van der Waals surface area contributed by atoms with Gasteiger partial charge in [-0.3, -0.25) is 0 Å². The molecule has 3 heterocycles. The van der Waals surface area contributed by atoms with Gasteiger partial charge in [-0.15, -0.1) is 16.4 Å². The predicted octanol–water partition coefficient (Wildman–Crippen LogP) is 3.05. The van der Waals surface area contributed by atoms with Crippen LogP contribution in [0, 0.1) is 0 Å². The molecule has 0 spiro atoms. The minimum atomic E-state index is 0.336. The van der Waals surface area contributed by atoms with Crippen molar-refractivity contribution in [3.8, 4) is 33.7 Å². The first-order chi connectivity index (χ1) is 11.3. The van der Waals surface area contributed by atoms with Gasteiger partial charge in [0.05, 0.1) is 23.9 Å². The number of benzene rings is 1. The van der Waals surface area contributed by atoms with E-state index >= 15 is 0 Å².